The monoisotopic (exact) mass is 272 g/mol. The summed E-state index contributed by atoms with van der Waals surface area (Å²) in [6.45, 7) is 0. The maximum absolute atomic E-state index is 13.7. The Hall–Kier alpha value is -2.20. The Morgan fingerprint density at radius 3 is 2.74 bits per heavy atom. The van der Waals surface area contributed by atoms with Crippen LogP contribution in [0.2, 0.25) is 0 Å². The van der Waals surface area contributed by atoms with Crippen LogP contribution in [-0.4, -0.2) is 11.1 Å². The molecule has 0 atom stereocenters. The summed E-state index contributed by atoms with van der Waals surface area (Å²) in [5.41, 5.74) is 1.31. The fourth-order valence-corrected chi connectivity index (χ4v) is 3.01. The summed E-state index contributed by atoms with van der Waals surface area (Å²) in [7, 11) is 0. The molecule has 0 bridgehead atoms. The van der Waals surface area contributed by atoms with Gasteiger partial charge in [-0.05, 0) is 40.1 Å². The highest BCUT2D eigenvalue weighted by Crippen LogP contribution is 2.33. The van der Waals surface area contributed by atoms with E-state index in [0.29, 0.717) is 5.56 Å². The van der Waals surface area contributed by atoms with Crippen molar-refractivity contribution in [2.24, 2.45) is 0 Å². The lowest BCUT2D eigenvalue weighted by Crippen LogP contribution is -2.00. The van der Waals surface area contributed by atoms with E-state index in [-0.39, 0.29) is 5.56 Å². The molecule has 0 aliphatic rings. The van der Waals surface area contributed by atoms with Gasteiger partial charge >= 0.3 is 5.97 Å². The molecule has 3 rings (SSSR count). The minimum atomic E-state index is -1.25. The van der Waals surface area contributed by atoms with Crippen LogP contribution in [0.1, 0.15) is 10.4 Å². The second kappa shape index (κ2) is 4.48. The lowest BCUT2D eigenvalue weighted by atomic mass is 10.0. The average Bonchev–Trinajstić information content (AvgIpc) is 2.86. The molecule has 1 N–H and O–H groups in total. The van der Waals surface area contributed by atoms with E-state index >= 15 is 0 Å². The van der Waals surface area contributed by atoms with Crippen LogP contribution in [0.5, 0.6) is 0 Å². The van der Waals surface area contributed by atoms with Crippen LogP contribution in [0.4, 0.5) is 4.39 Å². The molecule has 0 spiro atoms. The van der Waals surface area contributed by atoms with E-state index in [4.69, 9.17) is 5.11 Å². The Morgan fingerprint density at radius 1 is 1.16 bits per heavy atom. The van der Waals surface area contributed by atoms with Crippen molar-refractivity contribution < 1.29 is 14.3 Å². The molecule has 0 fully saturated rings. The predicted octanol–water partition coefficient (Wildman–Crippen LogP) is 4.41. The van der Waals surface area contributed by atoms with E-state index in [1.54, 1.807) is 17.4 Å². The summed E-state index contributed by atoms with van der Waals surface area (Å²) in [6, 6.07) is 12.0. The molecule has 2 aromatic carbocycles. The van der Waals surface area contributed by atoms with Gasteiger partial charge in [0.1, 0.15) is 5.82 Å². The second-order valence-electron chi connectivity index (χ2n) is 4.14. The Bertz CT molecular complexity index is 777. The van der Waals surface area contributed by atoms with Crippen molar-refractivity contribution in [2.75, 3.05) is 0 Å². The zero-order valence-corrected chi connectivity index (χ0v) is 10.6. The third-order valence-electron chi connectivity index (χ3n) is 2.99. The van der Waals surface area contributed by atoms with E-state index in [1.165, 1.54) is 12.1 Å². The molecule has 1 aromatic heterocycles. The molecule has 3 aromatic rings. The first-order valence-corrected chi connectivity index (χ1v) is 6.54. The smallest absolute Gasteiger partial charge is 0.338 e. The van der Waals surface area contributed by atoms with Crippen LogP contribution in [0, 0.1) is 5.82 Å². The van der Waals surface area contributed by atoms with Gasteiger partial charge in [0.05, 0.1) is 5.56 Å². The zero-order chi connectivity index (χ0) is 13.4. The van der Waals surface area contributed by atoms with Gasteiger partial charge in [-0.25, -0.2) is 9.18 Å². The second-order valence-corrected chi connectivity index (χ2v) is 5.06. The van der Waals surface area contributed by atoms with Crippen molar-refractivity contribution in [2.45, 2.75) is 0 Å². The normalized spacial score (nSPS) is 10.8. The third-order valence-corrected chi connectivity index (χ3v) is 3.95. The summed E-state index contributed by atoms with van der Waals surface area (Å²) in [5, 5.41) is 11.9. The fraction of sp³-hybridized carbons (Fsp3) is 0. The van der Waals surface area contributed by atoms with Crippen molar-refractivity contribution >= 4 is 27.4 Å². The van der Waals surface area contributed by atoms with E-state index in [0.717, 1.165) is 15.6 Å². The number of benzene rings is 2. The summed E-state index contributed by atoms with van der Waals surface area (Å²) >= 11 is 1.59. The van der Waals surface area contributed by atoms with E-state index in [2.05, 4.69) is 0 Å². The average molecular weight is 272 g/mol. The topological polar surface area (TPSA) is 37.3 Å². The first kappa shape index (κ1) is 11.9. The molecule has 0 unspecified atom stereocenters. The van der Waals surface area contributed by atoms with Gasteiger partial charge in [0.2, 0.25) is 0 Å². The summed E-state index contributed by atoms with van der Waals surface area (Å²) in [4.78, 5) is 10.8. The van der Waals surface area contributed by atoms with Crippen LogP contribution < -0.4 is 0 Å². The molecule has 0 radical (unpaired) electrons. The van der Waals surface area contributed by atoms with Gasteiger partial charge in [-0.15, -0.1) is 11.3 Å². The number of rotatable bonds is 2. The first-order chi connectivity index (χ1) is 9.16. The van der Waals surface area contributed by atoms with Crippen LogP contribution in [0.15, 0.2) is 47.8 Å². The van der Waals surface area contributed by atoms with Crippen molar-refractivity contribution in [3.8, 4) is 11.1 Å². The van der Waals surface area contributed by atoms with Gasteiger partial charge in [0, 0.05) is 4.70 Å². The number of carboxylic acid groups (broad SMARTS) is 1. The number of carbonyl (C=O) groups is 1. The molecule has 0 saturated heterocycles. The molecule has 0 saturated carbocycles. The highest BCUT2D eigenvalue weighted by atomic mass is 32.1. The highest BCUT2D eigenvalue weighted by molar-refractivity contribution is 7.17. The van der Waals surface area contributed by atoms with Crippen LogP contribution >= 0.6 is 11.3 Å². The number of fused-ring (bicyclic) bond motifs is 1. The zero-order valence-electron chi connectivity index (χ0n) is 9.76. The molecule has 1 heterocycles. The molecule has 4 heteroatoms. The molecule has 0 aliphatic heterocycles. The molecule has 19 heavy (non-hydrogen) atoms. The number of thiophene rings is 1. The van der Waals surface area contributed by atoms with E-state index < -0.39 is 11.8 Å². The first-order valence-electron chi connectivity index (χ1n) is 5.66. The Labute approximate surface area is 112 Å². The van der Waals surface area contributed by atoms with Crippen LogP contribution in [0.3, 0.4) is 0 Å². The Kier molecular flexibility index (Phi) is 2.80. The quantitative estimate of drug-likeness (QED) is 0.750. The lowest BCUT2D eigenvalue weighted by Gasteiger charge is -2.05. The fourth-order valence-electron chi connectivity index (χ4n) is 2.08. The number of halogens is 1. The van der Waals surface area contributed by atoms with Gasteiger partial charge < -0.3 is 5.11 Å². The summed E-state index contributed by atoms with van der Waals surface area (Å²) < 4.78 is 14.8. The SMILES string of the molecule is O=C(O)c1ccc(-c2cccc3ccsc23)cc1F. The van der Waals surface area contributed by atoms with Gasteiger partial charge in [0.25, 0.3) is 0 Å². The molecule has 0 amide bonds. The number of carboxylic acids is 1. The Morgan fingerprint density at radius 2 is 2.00 bits per heavy atom. The van der Waals surface area contributed by atoms with E-state index in [9.17, 15) is 9.18 Å². The minimum absolute atomic E-state index is 0.304. The van der Waals surface area contributed by atoms with Crippen molar-refractivity contribution in [3.05, 3.63) is 59.2 Å². The van der Waals surface area contributed by atoms with Crippen LogP contribution in [-0.2, 0) is 0 Å². The van der Waals surface area contributed by atoms with Gasteiger partial charge in [0.15, 0.2) is 0 Å². The number of hydrogen-bond acceptors (Lipinski definition) is 2. The molecular weight excluding hydrogens is 263 g/mol. The Balaban J connectivity index is 2.19. The van der Waals surface area contributed by atoms with Crippen molar-refractivity contribution in [1.82, 2.24) is 0 Å². The van der Waals surface area contributed by atoms with Gasteiger partial charge in [-0.3, -0.25) is 0 Å². The lowest BCUT2D eigenvalue weighted by molar-refractivity contribution is 0.0692. The summed E-state index contributed by atoms with van der Waals surface area (Å²) in [5.74, 6) is -1.96. The van der Waals surface area contributed by atoms with Crippen molar-refractivity contribution in [3.63, 3.8) is 0 Å². The van der Waals surface area contributed by atoms with Gasteiger partial charge in [-0.1, -0.05) is 24.3 Å². The number of aromatic carboxylic acids is 1. The molecule has 0 aliphatic carbocycles. The maximum atomic E-state index is 13.7. The van der Waals surface area contributed by atoms with E-state index in [1.807, 2.05) is 29.6 Å². The number of hydrogen-bond donors (Lipinski definition) is 1. The van der Waals surface area contributed by atoms with Gasteiger partial charge in [-0.2, -0.15) is 0 Å². The summed E-state index contributed by atoms with van der Waals surface area (Å²) in [6.07, 6.45) is 0. The van der Waals surface area contributed by atoms with Crippen molar-refractivity contribution in [1.29, 1.82) is 0 Å². The molecule has 94 valence electrons. The molecule has 2 nitrogen and oxygen atoms in total. The van der Waals surface area contributed by atoms with Crippen LogP contribution in [0.25, 0.3) is 21.2 Å². The largest absolute Gasteiger partial charge is 0.478 e. The predicted molar refractivity (Wildman–Crippen MR) is 74.2 cm³/mol. The minimum Gasteiger partial charge on any atom is -0.478 e. The standard InChI is InChI=1S/C15H9FO2S/c16-13-8-10(4-5-12(13)15(17)18)11-3-1-2-9-6-7-19-14(9)11/h1-8H,(H,17,18). The molecular formula is C15H9FO2S. The maximum Gasteiger partial charge on any atom is 0.338 e. The highest BCUT2D eigenvalue weighted by Gasteiger charge is 2.12. The third kappa shape index (κ3) is 2.00.